The fourth-order valence-corrected chi connectivity index (χ4v) is 1.04. The highest BCUT2D eigenvalue weighted by Crippen LogP contribution is 2.06. The van der Waals surface area contributed by atoms with Crippen LogP contribution < -0.4 is 0 Å². The first-order valence-electron chi connectivity index (χ1n) is 3.83. The molecule has 0 radical (unpaired) electrons. The number of esters is 1. The molecule has 0 saturated heterocycles. The molecule has 0 fully saturated rings. The number of methoxy groups -OCH3 is 1. The van der Waals surface area contributed by atoms with Crippen LogP contribution in [0.5, 0.6) is 0 Å². The Morgan fingerprint density at radius 1 is 1.77 bits per heavy atom. The van der Waals surface area contributed by atoms with E-state index in [-0.39, 0.29) is 11.4 Å². The maximum absolute atomic E-state index is 11.2. The molecule has 0 N–H and O–H groups in total. The van der Waals surface area contributed by atoms with E-state index in [0.29, 0.717) is 12.8 Å². The smallest absolute Gasteiger partial charge is 0.357 e. The standard InChI is InChI=1S/C8H10N2O3/c1-3-10-5-9-6(4-11)7(10)8(12)13-2/h4-5H,3H2,1-2H3. The average molecular weight is 182 g/mol. The van der Waals surface area contributed by atoms with Crippen LogP contribution in [0.1, 0.15) is 27.9 Å². The van der Waals surface area contributed by atoms with Crippen molar-refractivity contribution in [2.75, 3.05) is 7.11 Å². The molecule has 13 heavy (non-hydrogen) atoms. The number of carbonyl (C=O) groups excluding carboxylic acids is 2. The van der Waals surface area contributed by atoms with Gasteiger partial charge in [0, 0.05) is 6.54 Å². The lowest BCUT2D eigenvalue weighted by Crippen LogP contribution is -2.11. The summed E-state index contributed by atoms with van der Waals surface area (Å²) in [5.41, 5.74) is 0.328. The second-order valence-corrected chi connectivity index (χ2v) is 2.37. The van der Waals surface area contributed by atoms with E-state index in [9.17, 15) is 9.59 Å². The highest BCUT2D eigenvalue weighted by Gasteiger charge is 2.17. The fourth-order valence-electron chi connectivity index (χ4n) is 1.04. The van der Waals surface area contributed by atoms with Gasteiger partial charge in [0.1, 0.15) is 5.69 Å². The number of rotatable bonds is 3. The Labute approximate surface area is 75.3 Å². The zero-order chi connectivity index (χ0) is 9.84. The first-order valence-corrected chi connectivity index (χ1v) is 3.83. The minimum absolute atomic E-state index is 0.119. The summed E-state index contributed by atoms with van der Waals surface area (Å²) >= 11 is 0. The van der Waals surface area contributed by atoms with Gasteiger partial charge in [0.05, 0.1) is 13.4 Å². The number of aryl methyl sites for hydroxylation is 1. The summed E-state index contributed by atoms with van der Waals surface area (Å²) in [6.45, 7) is 2.42. The molecule has 0 atom stereocenters. The molecule has 0 bridgehead atoms. The van der Waals surface area contributed by atoms with Gasteiger partial charge in [-0.25, -0.2) is 9.78 Å². The lowest BCUT2D eigenvalue weighted by Gasteiger charge is -2.02. The van der Waals surface area contributed by atoms with E-state index in [2.05, 4.69) is 9.72 Å². The topological polar surface area (TPSA) is 61.2 Å². The van der Waals surface area contributed by atoms with Crippen molar-refractivity contribution in [2.45, 2.75) is 13.5 Å². The molecule has 0 aromatic carbocycles. The van der Waals surface area contributed by atoms with Crippen LogP contribution in [0.15, 0.2) is 6.33 Å². The maximum atomic E-state index is 11.2. The summed E-state index contributed by atoms with van der Waals surface area (Å²) in [7, 11) is 1.27. The minimum Gasteiger partial charge on any atom is -0.464 e. The Morgan fingerprint density at radius 2 is 2.46 bits per heavy atom. The molecule has 1 heterocycles. The van der Waals surface area contributed by atoms with Gasteiger partial charge in [-0.15, -0.1) is 0 Å². The SMILES string of the molecule is CCn1cnc(C=O)c1C(=O)OC. The Kier molecular flexibility index (Phi) is 2.79. The normalized spacial score (nSPS) is 9.69. The molecule has 0 unspecified atom stereocenters. The van der Waals surface area contributed by atoms with Crippen molar-refractivity contribution in [1.29, 1.82) is 0 Å². The van der Waals surface area contributed by atoms with Crippen LogP contribution in [0.25, 0.3) is 0 Å². The monoisotopic (exact) mass is 182 g/mol. The summed E-state index contributed by atoms with van der Waals surface area (Å²) in [6.07, 6.45) is 1.98. The Balaban J connectivity index is 3.19. The lowest BCUT2D eigenvalue weighted by atomic mass is 10.3. The second-order valence-electron chi connectivity index (χ2n) is 2.37. The molecule has 70 valence electrons. The zero-order valence-electron chi connectivity index (χ0n) is 7.48. The Morgan fingerprint density at radius 3 is 2.92 bits per heavy atom. The van der Waals surface area contributed by atoms with Gasteiger partial charge in [0.25, 0.3) is 0 Å². The van der Waals surface area contributed by atoms with Crippen LogP contribution in [-0.2, 0) is 11.3 Å². The average Bonchev–Trinajstić information content (AvgIpc) is 2.59. The van der Waals surface area contributed by atoms with E-state index in [1.807, 2.05) is 6.92 Å². The number of aromatic nitrogens is 2. The Hall–Kier alpha value is -1.65. The molecule has 0 aliphatic rings. The van der Waals surface area contributed by atoms with E-state index >= 15 is 0 Å². The molecule has 0 aliphatic heterocycles. The highest BCUT2D eigenvalue weighted by molar-refractivity contribution is 5.95. The van der Waals surface area contributed by atoms with Gasteiger partial charge in [0.15, 0.2) is 12.0 Å². The largest absolute Gasteiger partial charge is 0.464 e. The van der Waals surface area contributed by atoms with Crippen molar-refractivity contribution in [1.82, 2.24) is 9.55 Å². The molecular formula is C8H10N2O3. The van der Waals surface area contributed by atoms with Crippen LogP contribution >= 0.6 is 0 Å². The first-order chi connectivity index (χ1) is 6.24. The van der Waals surface area contributed by atoms with Crippen LogP contribution in [-0.4, -0.2) is 28.9 Å². The molecule has 0 spiro atoms. The number of nitrogens with zero attached hydrogens (tertiary/aromatic N) is 2. The summed E-state index contributed by atoms with van der Waals surface area (Å²) in [4.78, 5) is 25.5. The molecule has 0 aliphatic carbocycles. The van der Waals surface area contributed by atoms with Gasteiger partial charge in [0.2, 0.25) is 0 Å². The van der Waals surface area contributed by atoms with Crippen molar-refractivity contribution >= 4 is 12.3 Å². The van der Waals surface area contributed by atoms with Crippen molar-refractivity contribution in [3.63, 3.8) is 0 Å². The molecule has 0 saturated carbocycles. The summed E-state index contributed by atoms with van der Waals surface area (Å²) in [5, 5.41) is 0. The van der Waals surface area contributed by atoms with Crippen LogP contribution in [0.3, 0.4) is 0 Å². The minimum atomic E-state index is -0.540. The number of aldehydes is 1. The third-order valence-electron chi connectivity index (χ3n) is 1.70. The molecule has 0 amide bonds. The van der Waals surface area contributed by atoms with Gasteiger partial charge < -0.3 is 9.30 Å². The van der Waals surface area contributed by atoms with Gasteiger partial charge >= 0.3 is 5.97 Å². The van der Waals surface area contributed by atoms with Crippen LogP contribution in [0.2, 0.25) is 0 Å². The number of carbonyl (C=O) groups is 2. The fraction of sp³-hybridized carbons (Fsp3) is 0.375. The second kappa shape index (κ2) is 3.84. The molecule has 1 aromatic heterocycles. The number of hydrogen-bond acceptors (Lipinski definition) is 4. The predicted molar refractivity (Wildman–Crippen MR) is 44.6 cm³/mol. The van der Waals surface area contributed by atoms with Crippen molar-refractivity contribution < 1.29 is 14.3 Å². The van der Waals surface area contributed by atoms with Crippen molar-refractivity contribution in [2.24, 2.45) is 0 Å². The van der Waals surface area contributed by atoms with Crippen LogP contribution in [0.4, 0.5) is 0 Å². The summed E-state index contributed by atoms with van der Waals surface area (Å²) in [6, 6.07) is 0. The summed E-state index contributed by atoms with van der Waals surface area (Å²) < 4.78 is 6.09. The molecule has 5 heteroatoms. The lowest BCUT2D eigenvalue weighted by molar-refractivity contribution is 0.0586. The highest BCUT2D eigenvalue weighted by atomic mass is 16.5. The molecule has 1 aromatic rings. The van der Waals surface area contributed by atoms with Crippen molar-refractivity contribution in [3.05, 3.63) is 17.7 Å². The predicted octanol–water partition coefficient (Wildman–Crippen LogP) is 0.502. The van der Waals surface area contributed by atoms with E-state index < -0.39 is 5.97 Å². The zero-order valence-corrected chi connectivity index (χ0v) is 7.48. The van der Waals surface area contributed by atoms with E-state index in [4.69, 9.17) is 0 Å². The number of ether oxygens (including phenoxy) is 1. The first kappa shape index (κ1) is 9.44. The molecule has 1 rings (SSSR count). The van der Waals surface area contributed by atoms with E-state index in [1.165, 1.54) is 13.4 Å². The van der Waals surface area contributed by atoms with Gasteiger partial charge in [-0.2, -0.15) is 0 Å². The molecule has 5 nitrogen and oxygen atoms in total. The Bertz CT molecular complexity index is 330. The van der Waals surface area contributed by atoms with Gasteiger partial charge in [-0.3, -0.25) is 4.79 Å². The van der Waals surface area contributed by atoms with E-state index in [0.717, 1.165) is 0 Å². The van der Waals surface area contributed by atoms with Crippen LogP contribution in [0, 0.1) is 0 Å². The van der Waals surface area contributed by atoms with Gasteiger partial charge in [-0.1, -0.05) is 0 Å². The molecular weight excluding hydrogens is 172 g/mol. The third-order valence-corrected chi connectivity index (χ3v) is 1.70. The van der Waals surface area contributed by atoms with E-state index in [1.54, 1.807) is 4.57 Å². The summed E-state index contributed by atoms with van der Waals surface area (Å²) in [5.74, 6) is -0.540. The van der Waals surface area contributed by atoms with Crippen molar-refractivity contribution in [3.8, 4) is 0 Å². The number of imidazole rings is 1. The van der Waals surface area contributed by atoms with Gasteiger partial charge in [-0.05, 0) is 6.92 Å². The maximum Gasteiger partial charge on any atom is 0.357 e. The third kappa shape index (κ3) is 1.58. The quantitative estimate of drug-likeness (QED) is 0.504. The number of hydrogen-bond donors (Lipinski definition) is 0.